The summed E-state index contributed by atoms with van der Waals surface area (Å²) in [7, 11) is 0. The van der Waals surface area contributed by atoms with Gasteiger partial charge in [-0.2, -0.15) is 0 Å². The second-order valence-electron chi connectivity index (χ2n) is 0.541. The zero-order valence-corrected chi connectivity index (χ0v) is 8.73. The van der Waals surface area contributed by atoms with Gasteiger partial charge < -0.3 is 17.7 Å². The van der Waals surface area contributed by atoms with Crippen molar-refractivity contribution in [1.82, 2.24) is 0 Å². The van der Waals surface area contributed by atoms with Gasteiger partial charge in [0, 0.05) is 5.92 Å². The van der Waals surface area contributed by atoms with Gasteiger partial charge in [0.2, 0.25) is 0 Å². The fraction of sp³-hybridized carbons (Fsp3) is 0. The Hall–Kier alpha value is 0.376. The third-order valence-electron chi connectivity index (χ3n) is 0.123. The molecule has 0 atom stereocenters. The van der Waals surface area contributed by atoms with Gasteiger partial charge in [0.05, 0.1) is 0 Å². The van der Waals surface area contributed by atoms with Crippen LogP contribution in [0.15, 0.2) is 0 Å². The average molecular weight is 167 g/mol. The number of terminal acetylenes is 1. The molecule has 0 rings (SSSR count). The van der Waals surface area contributed by atoms with Gasteiger partial charge >= 0.3 is 57.4 Å². The summed E-state index contributed by atoms with van der Waals surface area (Å²) in [5.74, 6) is 0.227. The van der Waals surface area contributed by atoms with E-state index in [1.165, 1.54) is 11.3 Å². The molecule has 0 amide bonds. The number of carboxylic acid groups (broad SMARTS) is 1. The fourth-order valence-electron chi connectivity index (χ4n) is 0. The van der Waals surface area contributed by atoms with Crippen LogP contribution in [-0.2, 0) is 17.4 Å². The van der Waals surface area contributed by atoms with Crippen LogP contribution in [0.2, 0.25) is 0 Å². The molecule has 0 aromatic rings. The van der Waals surface area contributed by atoms with E-state index in [2.05, 4.69) is 19.1 Å². The molecular weight excluding hydrogens is 165 g/mol. The Kier molecular flexibility index (Phi) is 28.3. The van der Waals surface area contributed by atoms with Crippen LogP contribution in [0.25, 0.3) is 0 Å². The molecule has 0 aromatic carbocycles. The third kappa shape index (κ3) is 60.3. The van der Waals surface area contributed by atoms with Gasteiger partial charge in [0.15, 0.2) is 0 Å². The Labute approximate surface area is 101 Å². The van der Waals surface area contributed by atoms with E-state index in [9.17, 15) is 0 Å². The van der Waals surface area contributed by atoms with Crippen LogP contribution in [-0.4, -0.2) is 11.1 Å². The van der Waals surface area contributed by atoms with Gasteiger partial charge in [-0.05, 0) is 0 Å². The van der Waals surface area contributed by atoms with Gasteiger partial charge in [0.1, 0.15) is 0 Å². The number of aliphatic carboxylic acids is 1. The number of carbonyl (C=O) groups is 1. The van der Waals surface area contributed by atoms with Crippen LogP contribution >= 0.6 is 0 Å². The number of nitrogens with zero attached hydrogens (tertiary/aromatic N) is 1. The van der Waals surface area contributed by atoms with E-state index >= 15 is 0 Å². The van der Waals surface area contributed by atoms with Crippen molar-refractivity contribution in [2.45, 2.75) is 0 Å². The van der Waals surface area contributed by atoms with E-state index in [0.717, 1.165) is 0 Å². The largest absolute Gasteiger partial charge is 1.00 e. The molecule has 9 heavy (non-hydrogen) atoms. The van der Waals surface area contributed by atoms with Crippen LogP contribution in [0.3, 0.4) is 0 Å². The van der Waals surface area contributed by atoms with E-state index in [1.807, 2.05) is 0 Å². The van der Waals surface area contributed by atoms with E-state index in [0.29, 0.717) is 0 Å². The minimum atomic E-state index is -1.22. The Balaban J connectivity index is -0.0000000800. The summed E-state index contributed by atoms with van der Waals surface area (Å²) in [6.45, 7) is 0. The Morgan fingerprint density at radius 2 is 1.89 bits per heavy atom. The average Bonchev–Trinajstić information content (AvgIpc) is 1.69. The summed E-state index contributed by atoms with van der Waals surface area (Å²) in [5.41, 5.74) is 0. The molecule has 0 aliphatic heterocycles. The Morgan fingerprint density at radius 3 is 1.89 bits per heavy atom. The second kappa shape index (κ2) is 15.8. The van der Waals surface area contributed by atoms with Crippen molar-refractivity contribution in [2.24, 2.45) is 0 Å². The van der Waals surface area contributed by atoms with Gasteiger partial charge in [-0.1, -0.05) is 5.40 Å². The molecule has 0 saturated heterocycles. The normalized spacial score (nSPS) is 3.78. The summed E-state index contributed by atoms with van der Waals surface area (Å²) in [6.07, 6.45) is 4.32. The number of hydrogen-bond donors (Lipinski definition) is 1. The Morgan fingerprint density at radius 1 is 1.78 bits per heavy atom. The maximum atomic E-state index is 9.13. The van der Waals surface area contributed by atoms with Crippen molar-refractivity contribution in [3.63, 3.8) is 0 Å². The molecule has 3 nitrogen and oxygen atoms in total. The SMILES string of the molecule is C#CC(=O)O.N#C[S-].[K+]. The topological polar surface area (TPSA) is 61.1 Å². The first-order chi connectivity index (χ1) is 3.68. The molecule has 1 N–H and O–H groups in total. The van der Waals surface area contributed by atoms with E-state index in [1.54, 1.807) is 0 Å². The molecule has 5 heteroatoms. The third-order valence-corrected chi connectivity index (χ3v) is 0.123. The minimum absolute atomic E-state index is 0. The van der Waals surface area contributed by atoms with Gasteiger partial charge in [0.25, 0.3) is 0 Å². The first-order valence-corrected chi connectivity index (χ1v) is 1.80. The first-order valence-electron chi connectivity index (χ1n) is 1.39. The molecule has 0 bridgehead atoms. The molecule has 0 radical (unpaired) electrons. The molecule has 0 saturated carbocycles. The smallest absolute Gasteiger partial charge is 0.696 e. The molecule has 0 heterocycles. The summed E-state index contributed by atoms with van der Waals surface area (Å²) >= 11 is 3.70. The van der Waals surface area contributed by atoms with Crippen LogP contribution in [0.1, 0.15) is 0 Å². The van der Waals surface area contributed by atoms with Crippen molar-refractivity contribution < 1.29 is 61.3 Å². The van der Waals surface area contributed by atoms with Crippen LogP contribution in [0, 0.1) is 23.0 Å². The summed E-state index contributed by atoms with van der Waals surface area (Å²) in [6, 6.07) is 0. The predicted molar refractivity (Wildman–Crippen MR) is 29.4 cm³/mol. The van der Waals surface area contributed by atoms with E-state index < -0.39 is 5.97 Å². The van der Waals surface area contributed by atoms with E-state index in [4.69, 9.17) is 15.2 Å². The minimum Gasteiger partial charge on any atom is -0.696 e. The fourth-order valence-corrected chi connectivity index (χ4v) is 0. The number of rotatable bonds is 0. The van der Waals surface area contributed by atoms with Crippen molar-refractivity contribution in [3.05, 3.63) is 0 Å². The standard InChI is InChI=1S/C3H2O2.CHNS.K/c1-2-3(4)5;2-1-3;/h1H,(H,4,5);3H;/q;;+1/p-1. The molecule has 0 fully saturated rings. The van der Waals surface area contributed by atoms with Gasteiger partial charge in [-0.25, -0.2) is 10.1 Å². The quantitative estimate of drug-likeness (QED) is 0.178. The zero-order valence-electron chi connectivity index (χ0n) is 4.79. The zero-order chi connectivity index (χ0) is 6.99. The molecule has 0 unspecified atom stereocenters. The van der Waals surface area contributed by atoms with E-state index in [-0.39, 0.29) is 51.4 Å². The first kappa shape index (κ1) is 16.2. The van der Waals surface area contributed by atoms with Crippen LogP contribution in [0.4, 0.5) is 0 Å². The monoisotopic (exact) mass is 167 g/mol. The van der Waals surface area contributed by atoms with Crippen molar-refractivity contribution in [2.75, 3.05) is 0 Å². The summed E-state index contributed by atoms with van der Waals surface area (Å²) in [5, 5.41) is 16.0. The number of thiocyanates is 1. The van der Waals surface area contributed by atoms with Crippen molar-refractivity contribution >= 4 is 18.6 Å². The molecular formula is C4H2KNO2S. The maximum Gasteiger partial charge on any atom is 1.00 e. The number of carboxylic acids is 1. The molecule has 0 spiro atoms. The predicted octanol–water partition coefficient (Wildman–Crippen LogP) is -3.28. The number of hydrogen-bond acceptors (Lipinski definition) is 3. The molecule has 0 aliphatic carbocycles. The second-order valence-corrected chi connectivity index (χ2v) is 0.723. The maximum absolute atomic E-state index is 9.13. The summed E-state index contributed by atoms with van der Waals surface area (Å²) < 4.78 is 0. The molecule has 42 valence electrons. The van der Waals surface area contributed by atoms with Crippen LogP contribution in [0.5, 0.6) is 0 Å². The Bertz CT molecular complexity index is 146. The molecule has 0 aromatic heterocycles. The summed E-state index contributed by atoms with van der Waals surface area (Å²) in [4.78, 5) is 9.13. The van der Waals surface area contributed by atoms with Crippen molar-refractivity contribution in [1.29, 1.82) is 5.26 Å². The van der Waals surface area contributed by atoms with Crippen molar-refractivity contribution in [3.8, 4) is 17.7 Å². The molecule has 0 aliphatic rings. The van der Waals surface area contributed by atoms with Gasteiger partial charge in [-0.3, -0.25) is 0 Å². The van der Waals surface area contributed by atoms with Crippen LogP contribution < -0.4 is 51.4 Å². The van der Waals surface area contributed by atoms with Gasteiger partial charge in [-0.15, -0.1) is 6.42 Å². The number of nitriles is 1.